The summed E-state index contributed by atoms with van der Waals surface area (Å²) >= 11 is 0. The monoisotopic (exact) mass is 469 g/mol. The van der Waals surface area contributed by atoms with Crippen LogP contribution >= 0.6 is 0 Å². The lowest BCUT2D eigenvalue weighted by Gasteiger charge is -2.45. The number of hydrogen-bond donors (Lipinski definition) is 0. The molecule has 34 heavy (non-hydrogen) atoms. The van der Waals surface area contributed by atoms with Gasteiger partial charge in [0.1, 0.15) is 19.0 Å². The largest absolute Gasteiger partial charge is 0.495 e. The highest BCUT2D eigenvalue weighted by Crippen LogP contribution is 2.52. The van der Waals surface area contributed by atoms with E-state index in [0.717, 1.165) is 43.6 Å². The zero-order valence-electron chi connectivity index (χ0n) is 20.7. The number of carbonyl (C=O) groups is 2. The van der Waals surface area contributed by atoms with Crippen LogP contribution in [0, 0.1) is 5.41 Å². The maximum absolute atomic E-state index is 12.4. The summed E-state index contributed by atoms with van der Waals surface area (Å²) in [6, 6.07) is 9.29. The van der Waals surface area contributed by atoms with E-state index >= 15 is 0 Å². The number of carbonyl (C=O) groups excluding carboxylic acids is 2. The zero-order valence-corrected chi connectivity index (χ0v) is 20.7. The molecule has 186 valence electrons. The van der Waals surface area contributed by atoms with Crippen molar-refractivity contribution in [3.05, 3.63) is 59.4 Å². The van der Waals surface area contributed by atoms with Crippen LogP contribution in [0.4, 0.5) is 0 Å². The van der Waals surface area contributed by atoms with Crippen molar-refractivity contribution in [2.75, 3.05) is 47.1 Å². The molecule has 3 aliphatic rings. The van der Waals surface area contributed by atoms with Gasteiger partial charge in [-0.05, 0) is 58.2 Å². The predicted octanol–water partition coefficient (Wildman–Crippen LogP) is 4.95. The van der Waals surface area contributed by atoms with E-state index in [-0.39, 0.29) is 17.2 Å². The topological polar surface area (TPSA) is 65.1 Å². The third-order valence-electron chi connectivity index (χ3n) is 6.47. The van der Waals surface area contributed by atoms with Crippen molar-refractivity contribution in [1.82, 2.24) is 4.90 Å². The quantitative estimate of drug-likeness (QED) is 0.157. The number of hydrogen-bond acceptors (Lipinski definition) is 6. The number of nitrogens with zero attached hydrogens (tertiary/aromatic N) is 1. The van der Waals surface area contributed by atoms with Gasteiger partial charge in [-0.3, -0.25) is 9.59 Å². The Morgan fingerprint density at radius 3 is 2.59 bits per heavy atom. The second-order valence-corrected chi connectivity index (χ2v) is 9.53. The molecule has 0 amide bonds. The molecule has 0 radical (unpaired) electrons. The molecule has 6 heteroatoms. The number of unbranched alkanes of at least 4 members (excludes halogenated alkanes) is 1. The molecule has 0 N–H and O–H groups in total. The third-order valence-corrected chi connectivity index (χ3v) is 6.47. The summed E-state index contributed by atoms with van der Waals surface area (Å²) in [4.78, 5) is 26.7. The van der Waals surface area contributed by atoms with Crippen LogP contribution in [0.2, 0.25) is 0 Å². The maximum Gasteiger partial charge on any atom is 0.305 e. The summed E-state index contributed by atoms with van der Waals surface area (Å²) < 4.78 is 17.5. The lowest BCUT2D eigenvalue weighted by atomic mass is 9.64. The first-order chi connectivity index (χ1) is 16.5. The fraction of sp³-hybridized carbons (Fsp3) is 0.571. The fourth-order valence-corrected chi connectivity index (χ4v) is 4.52. The number of rotatable bonds is 15. The third kappa shape index (κ3) is 7.81. The summed E-state index contributed by atoms with van der Waals surface area (Å²) in [7, 11) is 4.05. The van der Waals surface area contributed by atoms with Gasteiger partial charge in [0.15, 0.2) is 5.78 Å². The van der Waals surface area contributed by atoms with E-state index in [2.05, 4.69) is 17.1 Å². The Balaban J connectivity index is 1.39. The summed E-state index contributed by atoms with van der Waals surface area (Å²) in [5.74, 6) is 0.934. The summed E-state index contributed by atoms with van der Waals surface area (Å²) in [5, 5.41) is 0. The Labute approximate surface area is 203 Å². The molecule has 3 aliphatic carbocycles. The number of ether oxygens (including phenoxy) is 3. The second kappa shape index (κ2) is 13.4. The number of Topliss-reactive ketones (excluding diaryl/α,β-unsaturated/α-hetero) is 1. The second-order valence-electron chi connectivity index (χ2n) is 9.53. The Kier molecular flexibility index (Phi) is 10.4. The predicted molar refractivity (Wildman–Crippen MR) is 133 cm³/mol. The van der Waals surface area contributed by atoms with Crippen molar-refractivity contribution in [2.45, 2.75) is 51.4 Å². The van der Waals surface area contributed by atoms with Crippen LogP contribution in [0.25, 0.3) is 0 Å². The van der Waals surface area contributed by atoms with Crippen LogP contribution in [-0.2, 0) is 19.0 Å². The SMILES string of the molecule is CN(C)CCOCCOC1=C2C/C=C/CCC1(COC(=O)CCCCC(=O)c1ccccc1)C2. The number of likely N-dealkylation sites (N-methyl/N-ethyl adjacent to an activating group) is 1. The van der Waals surface area contributed by atoms with Gasteiger partial charge in [-0.25, -0.2) is 0 Å². The molecule has 0 fully saturated rings. The molecule has 0 saturated carbocycles. The van der Waals surface area contributed by atoms with Crippen molar-refractivity contribution in [3.8, 4) is 0 Å². The number of ketones is 1. The lowest BCUT2D eigenvalue weighted by molar-refractivity contribution is -0.148. The van der Waals surface area contributed by atoms with E-state index in [1.165, 1.54) is 5.57 Å². The average molecular weight is 470 g/mol. The number of esters is 1. The van der Waals surface area contributed by atoms with Gasteiger partial charge in [0, 0.05) is 24.9 Å². The van der Waals surface area contributed by atoms with Gasteiger partial charge in [-0.2, -0.15) is 0 Å². The van der Waals surface area contributed by atoms with Gasteiger partial charge in [-0.1, -0.05) is 42.5 Å². The number of fused-ring (bicyclic) bond motifs is 3. The fourth-order valence-electron chi connectivity index (χ4n) is 4.52. The van der Waals surface area contributed by atoms with Crippen molar-refractivity contribution in [2.24, 2.45) is 5.41 Å². The highest BCUT2D eigenvalue weighted by Gasteiger charge is 2.47. The summed E-state index contributed by atoms with van der Waals surface area (Å²) in [6.07, 6.45) is 10.3. The van der Waals surface area contributed by atoms with Crippen LogP contribution in [0.3, 0.4) is 0 Å². The average Bonchev–Trinajstić information content (AvgIpc) is 2.80. The van der Waals surface area contributed by atoms with Gasteiger partial charge in [0.25, 0.3) is 0 Å². The molecule has 1 unspecified atom stereocenters. The van der Waals surface area contributed by atoms with Gasteiger partial charge in [-0.15, -0.1) is 0 Å². The van der Waals surface area contributed by atoms with Crippen LogP contribution in [0.1, 0.15) is 61.7 Å². The maximum atomic E-state index is 12.4. The Morgan fingerprint density at radius 2 is 1.79 bits per heavy atom. The normalized spacial score (nSPS) is 20.3. The molecule has 0 aromatic heterocycles. The lowest BCUT2D eigenvalue weighted by Crippen LogP contribution is -2.41. The molecule has 0 aliphatic heterocycles. The van der Waals surface area contributed by atoms with Crippen LogP contribution < -0.4 is 0 Å². The standard InChI is InChI=1S/C28H39NO5/c1-29(2)17-18-32-19-20-33-27-24-13-7-4-10-16-28(27,21-24)22-34-26(31)15-9-8-14-25(30)23-11-5-3-6-12-23/h3-7,11-12H,8-10,13-22H2,1-2H3/b7-4+. The minimum absolute atomic E-state index is 0.120. The molecule has 0 heterocycles. The molecule has 1 aromatic carbocycles. The van der Waals surface area contributed by atoms with Crippen molar-refractivity contribution >= 4 is 11.8 Å². The van der Waals surface area contributed by atoms with Gasteiger partial charge >= 0.3 is 5.97 Å². The Morgan fingerprint density at radius 1 is 1.00 bits per heavy atom. The molecule has 2 bridgehead atoms. The van der Waals surface area contributed by atoms with E-state index in [1.54, 1.807) is 0 Å². The number of benzene rings is 1. The van der Waals surface area contributed by atoms with E-state index in [1.807, 2.05) is 44.4 Å². The van der Waals surface area contributed by atoms with Crippen molar-refractivity contribution in [3.63, 3.8) is 0 Å². The van der Waals surface area contributed by atoms with Gasteiger partial charge in [0.2, 0.25) is 0 Å². The highest BCUT2D eigenvalue weighted by atomic mass is 16.5. The van der Waals surface area contributed by atoms with Gasteiger partial charge in [0.05, 0.1) is 18.6 Å². The summed E-state index contributed by atoms with van der Waals surface area (Å²) in [5.41, 5.74) is 1.83. The first kappa shape index (κ1) is 26.2. The molecule has 4 rings (SSSR count). The first-order valence-electron chi connectivity index (χ1n) is 12.5. The molecule has 1 atom stereocenters. The van der Waals surface area contributed by atoms with Crippen molar-refractivity contribution < 1.29 is 23.8 Å². The molecular formula is C28H39NO5. The highest BCUT2D eigenvalue weighted by molar-refractivity contribution is 5.95. The number of allylic oxidation sites excluding steroid dienone is 3. The zero-order chi connectivity index (χ0) is 24.2. The molecule has 6 nitrogen and oxygen atoms in total. The van der Waals surface area contributed by atoms with E-state index < -0.39 is 0 Å². The van der Waals surface area contributed by atoms with Crippen LogP contribution in [0.5, 0.6) is 0 Å². The molecule has 0 spiro atoms. The first-order valence-corrected chi connectivity index (χ1v) is 12.5. The van der Waals surface area contributed by atoms with Gasteiger partial charge < -0.3 is 19.1 Å². The minimum Gasteiger partial charge on any atom is -0.495 e. The molecule has 0 saturated heterocycles. The molecule has 1 aromatic rings. The summed E-state index contributed by atoms with van der Waals surface area (Å²) in [6.45, 7) is 3.01. The molecular weight excluding hydrogens is 430 g/mol. The minimum atomic E-state index is -0.206. The van der Waals surface area contributed by atoms with Crippen LogP contribution in [-0.4, -0.2) is 63.7 Å². The van der Waals surface area contributed by atoms with Crippen LogP contribution in [0.15, 0.2) is 53.8 Å². The van der Waals surface area contributed by atoms with E-state index in [4.69, 9.17) is 14.2 Å². The smallest absolute Gasteiger partial charge is 0.305 e. The Hall–Kier alpha value is -2.44. The Bertz CT molecular complexity index is 861. The van der Waals surface area contributed by atoms with Crippen molar-refractivity contribution in [1.29, 1.82) is 0 Å². The van der Waals surface area contributed by atoms with E-state index in [0.29, 0.717) is 52.1 Å². The van der Waals surface area contributed by atoms with E-state index in [9.17, 15) is 9.59 Å².